The first-order valence-electron chi connectivity index (χ1n) is 6.67. The molecule has 0 radical (unpaired) electrons. The minimum atomic E-state index is -3.12. The Balaban J connectivity index is 2.87. The molecule has 7 heteroatoms. The monoisotopic (exact) mass is 398 g/mol. The molecule has 0 aliphatic heterocycles. The third-order valence-corrected chi connectivity index (χ3v) is 5.93. The molecule has 120 valence electrons. The largest absolute Gasteiger partial charge is 0.490 e. The molecular weight excluding hydrogens is 380 g/mol. The summed E-state index contributed by atoms with van der Waals surface area (Å²) in [5.74, 6) is 1.40. The highest BCUT2D eigenvalue weighted by atomic mass is 79.9. The van der Waals surface area contributed by atoms with Gasteiger partial charge in [-0.1, -0.05) is 0 Å². The van der Waals surface area contributed by atoms with Crippen molar-refractivity contribution >= 4 is 37.4 Å². The van der Waals surface area contributed by atoms with E-state index in [0.717, 1.165) is 5.56 Å². The molecule has 0 fully saturated rings. The van der Waals surface area contributed by atoms with E-state index in [4.69, 9.17) is 21.1 Å². The first kappa shape index (κ1) is 18.6. The molecule has 0 atom stereocenters. The molecule has 4 nitrogen and oxygen atoms in total. The maximum atomic E-state index is 11.8. The van der Waals surface area contributed by atoms with E-state index in [0.29, 0.717) is 28.5 Å². The van der Waals surface area contributed by atoms with E-state index >= 15 is 0 Å². The maximum Gasteiger partial charge on any atom is 0.175 e. The third-order valence-electron chi connectivity index (χ3n) is 2.86. The van der Waals surface area contributed by atoms with E-state index in [1.54, 1.807) is 19.9 Å². The highest BCUT2D eigenvalue weighted by molar-refractivity contribution is 9.10. The van der Waals surface area contributed by atoms with Gasteiger partial charge in [0, 0.05) is 5.88 Å². The van der Waals surface area contributed by atoms with E-state index < -0.39 is 15.1 Å². The van der Waals surface area contributed by atoms with Gasteiger partial charge in [-0.25, -0.2) is 8.42 Å². The van der Waals surface area contributed by atoms with Gasteiger partial charge in [-0.15, -0.1) is 11.6 Å². The van der Waals surface area contributed by atoms with Crippen LogP contribution in [-0.2, 0) is 15.7 Å². The molecule has 0 aliphatic carbocycles. The van der Waals surface area contributed by atoms with Gasteiger partial charge in [0.25, 0.3) is 0 Å². The normalized spacial score (nSPS) is 11.7. The van der Waals surface area contributed by atoms with Gasteiger partial charge in [0.1, 0.15) is 6.61 Å². The van der Waals surface area contributed by atoms with Gasteiger partial charge in [-0.05, 0) is 54.4 Å². The summed E-state index contributed by atoms with van der Waals surface area (Å²) in [6, 6.07) is 3.63. The van der Waals surface area contributed by atoms with Crippen molar-refractivity contribution in [3.8, 4) is 11.5 Å². The lowest BCUT2D eigenvalue weighted by atomic mass is 10.2. The van der Waals surface area contributed by atoms with Crippen molar-refractivity contribution in [2.75, 3.05) is 19.0 Å². The summed E-state index contributed by atoms with van der Waals surface area (Å²) in [7, 11) is -3.12. The summed E-state index contributed by atoms with van der Waals surface area (Å²) >= 11 is 9.23. The third kappa shape index (κ3) is 5.34. The number of ether oxygens (including phenoxy) is 2. The molecule has 0 bridgehead atoms. The molecule has 0 amide bonds. The number of alkyl halides is 1. The van der Waals surface area contributed by atoms with Crippen molar-refractivity contribution in [2.45, 2.75) is 31.9 Å². The second kappa shape index (κ2) is 8.25. The first-order chi connectivity index (χ1) is 9.81. The fourth-order valence-corrected chi connectivity index (χ4v) is 3.14. The molecule has 1 rings (SSSR count). The predicted molar refractivity (Wildman–Crippen MR) is 89.3 cm³/mol. The van der Waals surface area contributed by atoms with Crippen LogP contribution in [0.25, 0.3) is 0 Å². The van der Waals surface area contributed by atoms with Crippen LogP contribution in [0.2, 0.25) is 0 Å². The molecular formula is C14H20BrClO4S. The number of halogens is 2. The van der Waals surface area contributed by atoms with Crippen LogP contribution >= 0.6 is 27.5 Å². The zero-order chi connectivity index (χ0) is 16.0. The van der Waals surface area contributed by atoms with E-state index in [9.17, 15) is 8.42 Å². The van der Waals surface area contributed by atoms with Crippen LogP contribution in [0.15, 0.2) is 16.6 Å². The number of hydrogen-bond acceptors (Lipinski definition) is 4. The number of sulfone groups is 1. The van der Waals surface area contributed by atoms with Crippen molar-refractivity contribution in [3.63, 3.8) is 0 Å². The Bertz CT molecular complexity index is 573. The highest BCUT2D eigenvalue weighted by Gasteiger charge is 2.18. The highest BCUT2D eigenvalue weighted by Crippen LogP contribution is 2.37. The SMILES string of the molecule is CCOc1cc(CCl)cc(Br)c1OCCS(=O)(=O)C(C)C. The second-order valence-electron chi connectivity index (χ2n) is 4.74. The summed E-state index contributed by atoms with van der Waals surface area (Å²) in [4.78, 5) is 0. The van der Waals surface area contributed by atoms with Crippen molar-refractivity contribution in [3.05, 3.63) is 22.2 Å². The van der Waals surface area contributed by atoms with Gasteiger partial charge in [-0.3, -0.25) is 0 Å². The Labute approximate surface area is 139 Å². The molecule has 21 heavy (non-hydrogen) atoms. The Morgan fingerprint density at radius 2 is 1.95 bits per heavy atom. The van der Waals surface area contributed by atoms with Crippen molar-refractivity contribution in [2.24, 2.45) is 0 Å². The van der Waals surface area contributed by atoms with Crippen LogP contribution in [0.1, 0.15) is 26.3 Å². The smallest absolute Gasteiger partial charge is 0.175 e. The fraction of sp³-hybridized carbons (Fsp3) is 0.571. The molecule has 0 aromatic heterocycles. The molecule has 0 N–H and O–H groups in total. The molecule has 0 saturated carbocycles. The summed E-state index contributed by atoms with van der Waals surface area (Å²) in [6.45, 7) is 5.75. The molecule has 0 aliphatic rings. The number of rotatable bonds is 8. The standard InChI is InChI=1S/C14H20BrClO4S/c1-4-19-13-8-11(9-16)7-12(15)14(13)20-5-6-21(17,18)10(2)3/h7-8,10H,4-6,9H2,1-3H3. The first-order valence-corrected chi connectivity index (χ1v) is 9.71. The van der Waals surface area contributed by atoms with Crippen molar-refractivity contribution in [1.82, 2.24) is 0 Å². The summed E-state index contributed by atoms with van der Waals surface area (Å²) < 4.78 is 35.4. The molecule has 0 saturated heterocycles. The van der Waals surface area contributed by atoms with E-state index in [1.807, 2.05) is 13.0 Å². The van der Waals surface area contributed by atoms with E-state index in [2.05, 4.69) is 15.9 Å². The van der Waals surface area contributed by atoms with Gasteiger partial charge in [0.15, 0.2) is 21.3 Å². The minimum Gasteiger partial charge on any atom is -0.490 e. The quantitative estimate of drug-likeness (QED) is 0.624. The minimum absolute atomic E-state index is 0.0278. The Morgan fingerprint density at radius 3 is 2.48 bits per heavy atom. The van der Waals surface area contributed by atoms with Crippen LogP contribution in [-0.4, -0.2) is 32.6 Å². The van der Waals surface area contributed by atoms with Gasteiger partial charge in [0.05, 0.1) is 22.1 Å². The average Bonchev–Trinajstić information content (AvgIpc) is 2.41. The average molecular weight is 400 g/mol. The summed E-state index contributed by atoms with van der Waals surface area (Å²) in [6.07, 6.45) is 0. The number of benzene rings is 1. The number of hydrogen-bond donors (Lipinski definition) is 0. The molecule has 1 aromatic rings. The predicted octanol–water partition coefficient (Wildman–Crippen LogP) is 3.79. The fourth-order valence-electron chi connectivity index (χ4n) is 1.60. The lowest BCUT2D eigenvalue weighted by Crippen LogP contribution is -2.22. The topological polar surface area (TPSA) is 52.6 Å². The van der Waals surface area contributed by atoms with Gasteiger partial charge >= 0.3 is 0 Å². The van der Waals surface area contributed by atoms with Gasteiger partial charge in [-0.2, -0.15) is 0 Å². The Kier molecular flexibility index (Phi) is 7.30. The second-order valence-corrected chi connectivity index (χ2v) is 8.53. The lowest BCUT2D eigenvalue weighted by Gasteiger charge is -2.15. The Morgan fingerprint density at radius 1 is 1.29 bits per heavy atom. The zero-order valence-electron chi connectivity index (χ0n) is 12.4. The van der Waals surface area contributed by atoms with E-state index in [1.165, 1.54) is 0 Å². The van der Waals surface area contributed by atoms with Gasteiger partial charge in [0.2, 0.25) is 0 Å². The van der Waals surface area contributed by atoms with E-state index in [-0.39, 0.29) is 12.4 Å². The maximum absolute atomic E-state index is 11.8. The molecule has 0 unspecified atom stereocenters. The van der Waals surface area contributed by atoms with Gasteiger partial charge < -0.3 is 9.47 Å². The summed E-state index contributed by atoms with van der Waals surface area (Å²) in [5.41, 5.74) is 0.897. The molecule has 0 spiro atoms. The lowest BCUT2D eigenvalue weighted by molar-refractivity contribution is 0.286. The van der Waals surface area contributed by atoms with Crippen molar-refractivity contribution < 1.29 is 17.9 Å². The van der Waals surface area contributed by atoms with Crippen LogP contribution in [0, 0.1) is 0 Å². The van der Waals surface area contributed by atoms with Crippen LogP contribution in [0.3, 0.4) is 0 Å². The van der Waals surface area contributed by atoms with Crippen molar-refractivity contribution in [1.29, 1.82) is 0 Å². The molecule has 1 aromatic carbocycles. The van der Waals surface area contributed by atoms with Crippen LogP contribution in [0.4, 0.5) is 0 Å². The van der Waals surface area contributed by atoms with Crippen LogP contribution in [0.5, 0.6) is 11.5 Å². The molecule has 0 heterocycles. The summed E-state index contributed by atoms with van der Waals surface area (Å²) in [5, 5.41) is -0.408. The Hall–Kier alpha value is -0.460. The zero-order valence-corrected chi connectivity index (χ0v) is 15.5. The van der Waals surface area contributed by atoms with Crippen LogP contribution < -0.4 is 9.47 Å².